The highest BCUT2D eigenvalue weighted by atomic mass is 35.5. The summed E-state index contributed by atoms with van der Waals surface area (Å²) in [6.07, 6.45) is 0. The number of halogens is 1. The number of aromatic nitrogens is 1. The topological polar surface area (TPSA) is 104 Å². The van der Waals surface area contributed by atoms with Crippen LogP contribution in [0, 0.1) is 0 Å². The van der Waals surface area contributed by atoms with Gasteiger partial charge in [-0.1, -0.05) is 35.1 Å². The van der Waals surface area contributed by atoms with Gasteiger partial charge in [-0.2, -0.15) is 0 Å². The third-order valence-corrected chi connectivity index (χ3v) is 7.63. The van der Waals surface area contributed by atoms with Crippen LogP contribution in [-0.4, -0.2) is 33.2 Å². The van der Waals surface area contributed by atoms with Crippen molar-refractivity contribution in [3.63, 3.8) is 0 Å². The molecular weight excluding hydrogens is 500 g/mol. The number of sulfonamides is 1. The van der Waals surface area contributed by atoms with Crippen molar-refractivity contribution in [3.05, 3.63) is 86.5 Å². The van der Waals surface area contributed by atoms with Gasteiger partial charge in [-0.3, -0.25) is 14.1 Å². The molecule has 11 heteroatoms. The summed E-state index contributed by atoms with van der Waals surface area (Å²) in [6, 6.07) is 15.9. The maximum atomic E-state index is 13.1. The van der Waals surface area contributed by atoms with E-state index in [9.17, 15) is 18.0 Å². The Kier molecular flexibility index (Phi) is 6.65. The summed E-state index contributed by atoms with van der Waals surface area (Å²) in [6.45, 7) is 0.331. The van der Waals surface area contributed by atoms with Gasteiger partial charge in [0.05, 0.1) is 47.1 Å². The molecule has 176 valence electrons. The van der Waals surface area contributed by atoms with E-state index in [0.717, 1.165) is 16.9 Å². The first-order chi connectivity index (χ1) is 16.2. The van der Waals surface area contributed by atoms with E-state index in [1.165, 1.54) is 44.6 Å². The second kappa shape index (κ2) is 9.49. The molecule has 0 atom stereocenters. The van der Waals surface area contributed by atoms with Crippen molar-refractivity contribution in [2.24, 2.45) is 0 Å². The molecule has 0 amide bonds. The molecule has 1 N–H and O–H groups in total. The van der Waals surface area contributed by atoms with Crippen LogP contribution in [0.25, 0.3) is 10.2 Å². The lowest BCUT2D eigenvalue weighted by Gasteiger charge is -2.13. The average molecular weight is 519 g/mol. The monoisotopic (exact) mass is 518 g/mol. The fraction of sp³-hybridized carbons (Fsp3) is 0.130. The van der Waals surface area contributed by atoms with E-state index in [4.69, 9.17) is 21.1 Å². The number of rotatable bonds is 7. The van der Waals surface area contributed by atoms with Crippen LogP contribution >= 0.6 is 22.9 Å². The molecule has 0 aliphatic heterocycles. The molecule has 0 saturated heterocycles. The molecule has 0 radical (unpaired) electrons. The van der Waals surface area contributed by atoms with E-state index in [2.05, 4.69) is 4.72 Å². The van der Waals surface area contributed by atoms with Gasteiger partial charge in [-0.15, -0.1) is 0 Å². The maximum absolute atomic E-state index is 13.1. The number of hydrogen-bond acceptors (Lipinski definition) is 7. The number of carbonyl (C=O) groups is 1. The number of fused-ring (bicyclic) bond motifs is 1. The van der Waals surface area contributed by atoms with Gasteiger partial charge >= 0.3 is 10.8 Å². The highest BCUT2D eigenvalue weighted by molar-refractivity contribution is 7.92. The van der Waals surface area contributed by atoms with Crippen molar-refractivity contribution in [1.82, 2.24) is 4.57 Å². The number of nitrogens with one attached hydrogen (secondary N) is 1. The number of benzene rings is 3. The minimum absolute atomic E-state index is 0.0367. The van der Waals surface area contributed by atoms with Gasteiger partial charge < -0.3 is 9.47 Å². The Bertz CT molecular complexity index is 1540. The molecule has 0 fully saturated rings. The summed E-state index contributed by atoms with van der Waals surface area (Å²) in [5, 5.41) is 0.599. The highest BCUT2D eigenvalue weighted by Crippen LogP contribution is 2.30. The van der Waals surface area contributed by atoms with Crippen molar-refractivity contribution < 1.29 is 22.7 Å². The first-order valence-electron chi connectivity index (χ1n) is 9.89. The molecule has 0 spiro atoms. The second-order valence-corrected chi connectivity index (χ2v) is 10.3. The van der Waals surface area contributed by atoms with E-state index in [-0.39, 0.29) is 26.8 Å². The fourth-order valence-electron chi connectivity index (χ4n) is 3.37. The lowest BCUT2D eigenvalue weighted by molar-refractivity contribution is 0.0600. The van der Waals surface area contributed by atoms with Gasteiger partial charge in [-0.25, -0.2) is 13.2 Å². The molecule has 0 saturated carbocycles. The van der Waals surface area contributed by atoms with E-state index in [0.29, 0.717) is 21.8 Å². The van der Waals surface area contributed by atoms with E-state index in [1.54, 1.807) is 22.8 Å². The SMILES string of the molecule is COC(=O)c1ccc(OC)c(NS(=O)(=O)c2ccc3c(c2)sc(=O)n3Cc2ccc(Cl)cc2)c1. The summed E-state index contributed by atoms with van der Waals surface area (Å²) >= 11 is 6.89. The molecule has 4 aromatic rings. The Balaban J connectivity index is 1.68. The Morgan fingerprint density at radius 2 is 1.79 bits per heavy atom. The molecule has 0 bridgehead atoms. The van der Waals surface area contributed by atoms with Gasteiger partial charge in [0.2, 0.25) is 0 Å². The zero-order valence-corrected chi connectivity index (χ0v) is 20.5. The number of anilines is 1. The van der Waals surface area contributed by atoms with Crippen LogP contribution in [0.15, 0.2) is 70.4 Å². The van der Waals surface area contributed by atoms with Crippen LogP contribution < -0.4 is 14.3 Å². The standard InChI is InChI=1S/C23H19ClN2O6S2/c1-31-20-10-5-15(22(27)32-2)11-18(20)25-34(29,30)17-8-9-19-21(12-17)33-23(28)26(19)13-14-3-6-16(24)7-4-14/h3-12,25H,13H2,1-2H3. The Morgan fingerprint density at radius 3 is 2.47 bits per heavy atom. The number of nitrogens with zero attached hydrogens (tertiary/aromatic N) is 1. The molecule has 1 heterocycles. The Labute approximate surface area is 204 Å². The minimum Gasteiger partial charge on any atom is -0.495 e. The summed E-state index contributed by atoms with van der Waals surface area (Å²) in [4.78, 5) is 24.2. The fourth-order valence-corrected chi connectivity index (χ4v) is 5.59. The average Bonchev–Trinajstić information content (AvgIpc) is 3.13. The van der Waals surface area contributed by atoms with Crippen molar-refractivity contribution in [2.75, 3.05) is 18.9 Å². The zero-order chi connectivity index (χ0) is 24.5. The summed E-state index contributed by atoms with van der Waals surface area (Å²) in [5.41, 5.74) is 1.75. The molecule has 34 heavy (non-hydrogen) atoms. The third-order valence-electron chi connectivity index (χ3n) is 5.07. The number of ether oxygens (including phenoxy) is 2. The van der Waals surface area contributed by atoms with Gasteiger partial charge in [0.15, 0.2) is 0 Å². The van der Waals surface area contributed by atoms with E-state index in [1.807, 2.05) is 12.1 Å². The van der Waals surface area contributed by atoms with Crippen molar-refractivity contribution >= 4 is 54.8 Å². The molecule has 8 nitrogen and oxygen atoms in total. The van der Waals surface area contributed by atoms with E-state index >= 15 is 0 Å². The van der Waals surface area contributed by atoms with Crippen LogP contribution in [0.4, 0.5) is 5.69 Å². The van der Waals surface area contributed by atoms with Crippen molar-refractivity contribution in [1.29, 1.82) is 0 Å². The van der Waals surface area contributed by atoms with Crippen LogP contribution in [-0.2, 0) is 21.3 Å². The van der Waals surface area contributed by atoms with Gasteiger partial charge in [0.25, 0.3) is 10.0 Å². The third kappa shape index (κ3) is 4.79. The minimum atomic E-state index is -4.06. The molecule has 0 aliphatic rings. The van der Waals surface area contributed by atoms with Gasteiger partial charge in [-0.05, 0) is 54.1 Å². The normalized spacial score (nSPS) is 11.4. The zero-order valence-electron chi connectivity index (χ0n) is 18.1. The quantitative estimate of drug-likeness (QED) is 0.364. The van der Waals surface area contributed by atoms with E-state index < -0.39 is 16.0 Å². The lowest BCUT2D eigenvalue weighted by Crippen LogP contribution is -2.15. The molecule has 4 rings (SSSR count). The predicted octanol–water partition coefficient (Wildman–Crippen LogP) is 4.36. The van der Waals surface area contributed by atoms with Crippen LogP contribution in [0.1, 0.15) is 15.9 Å². The lowest BCUT2D eigenvalue weighted by atomic mass is 10.2. The predicted molar refractivity (Wildman–Crippen MR) is 132 cm³/mol. The number of esters is 1. The number of thiazole rings is 1. The molecule has 0 aliphatic carbocycles. The summed E-state index contributed by atoms with van der Waals surface area (Å²) in [5.74, 6) is -0.382. The van der Waals surface area contributed by atoms with Gasteiger partial charge in [0, 0.05) is 5.02 Å². The van der Waals surface area contributed by atoms with Crippen molar-refractivity contribution in [2.45, 2.75) is 11.4 Å². The first kappa shape index (κ1) is 23.8. The van der Waals surface area contributed by atoms with Gasteiger partial charge in [0.1, 0.15) is 5.75 Å². The number of carbonyl (C=O) groups excluding carboxylic acids is 1. The highest BCUT2D eigenvalue weighted by Gasteiger charge is 2.20. The van der Waals surface area contributed by atoms with Crippen molar-refractivity contribution in [3.8, 4) is 5.75 Å². The molecular formula is C23H19ClN2O6S2. The second-order valence-electron chi connectivity index (χ2n) is 7.22. The first-order valence-corrected chi connectivity index (χ1v) is 12.6. The summed E-state index contributed by atoms with van der Waals surface area (Å²) in [7, 11) is -1.44. The smallest absolute Gasteiger partial charge is 0.337 e. The Hall–Kier alpha value is -3.34. The number of methoxy groups -OCH3 is 2. The van der Waals surface area contributed by atoms with Crippen LogP contribution in [0.3, 0.4) is 0 Å². The summed E-state index contributed by atoms with van der Waals surface area (Å²) < 4.78 is 40.7. The Morgan fingerprint density at radius 1 is 1.06 bits per heavy atom. The molecule has 3 aromatic carbocycles. The molecule has 1 aromatic heterocycles. The van der Waals surface area contributed by atoms with Crippen LogP contribution in [0.5, 0.6) is 5.75 Å². The van der Waals surface area contributed by atoms with Crippen LogP contribution in [0.2, 0.25) is 5.02 Å². The largest absolute Gasteiger partial charge is 0.495 e. The maximum Gasteiger partial charge on any atom is 0.337 e. The number of hydrogen-bond donors (Lipinski definition) is 1. The molecule has 0 unspecified atom stereocenters.